The van der Waals surface area contributed by atoms with Crippen LogP contribution >= 0.6 is 0 Å². The Morgan fingerprint density at radius 1 is 1.00 bits per heavy atom. The lowest BCUT2D eigenvalue weighted by molar-refractivity contribution is -0.134. The molecule has 3 heteroatoms. The number of nitrogens with one attached hydrogen (secondary N) is 1. The van der Waals surface area contributed by atoms with Gasteiger partial charge in [-0.05, 0) is 60.3 Å². The van der Waals surface area contributed by atoms with Crippen molar-refractivity contribution in [3.8, 4) is 0 Å². The predicted molar refractivity (Wildman–Crippen MR) is 69.9 cm³/mol. The largest absolute Gasteiger partial charge is 0.350 e. The fourth-order valence-electron chi connectivity index (χ4n) is 2.53. The first kappa shape index (κ1) is 12.9. The molecule has 0 atom stereocenters. The lowest BCUT2D eigenvalue weighted by atomic mass is 9.98. The van der Waals surface area contributed by atoms with E-state index in [1.807, 2.05) is 20.8 Å². The second-order valence-electron chi connectivity index (χ2n) is 7.13. The van der Waals surface area contributed by atoms with Crippen LogP contribution in [0.5, 0.6) is 0 Å². The molecule has 2 saturated carbocycles. The highest BCUT2D eigenvalue weighted by molar-refractivity contribution is 5.86. The first-order chi connectivity index (χ1) is 7.72. The molecular weight excluding hydrogens is 212 g/mol. The Labute approximate surface area is 105 Å². The second-order valence-corrected chi connectivity index (χ2v) is 7.13. The lowest BCUT2D eigenvalue weighted by Crippen LogP contribution is -2.59. The van der Waals surface area contributed by atoms with Gasteiger partial charge in [-0.2, -0.15) is 0 Å². The zero-order valence-electron chi connectivity index (χ0n) is 11.8. The highest BCUT2D eigenvalue weighted by Crippen LogP contribution is 2.42. The third-order valence-corrected chi connectivity index (χ3v) is 3.57. The molecule has 2 aliphatic rings. The molecule has 1 amide bonds. The fraction of sp³-hybridized carbons (Fsp3) is 0.929. The van der Waals surface area contributed by atoms with Crippen molar-refractivity contribution < 1.29 is 4.79 Å². The van der Waals surface area contributed by atoms with Crippen molar-refractivity contribution in [2.75, 3.05) is 0 Å². The van der Waals surface area contributed by atoms with Crippen LogP contribution in [0.15, 0.2) is 0 Å². The second kappa shape index (κ2) is 3.98. The standard InChI is InChI=1S/C14H26N2O/c1-13(2,3)15-12(17)14(4,5)16(10-6-7-10)11-8-9-11/h10-11H,6-9H2,1-5H3,(H,15,17). The van der Waals surface area contributed by atoms with Gasteiger partial charge in [-0.3, -0.25) is 9.69 Å². The minimum absolute atomic E-state index is 0.146. The van der Waals surface area contributed by atoms with E-state index in [1.165, 1.54) is 25.7 Å². The van der Waals surface area contributed by atoms with E-state index in [9.17, 15) is 4.79 Å². The number of carbonyl (C=O) groups excluding carboxylic acids is 1. The third kappa shape index (κ3) is 3.01. The molecular formula is C14H26N2O. The third-order valence-electron chi connectivity index (χ3n) is 3.57. The summed E-state index contributed by atoms with van der Waals surface area (Å²) in [5.41, 5.74) is -0.511. The Morgan fingerprint density at radius 3 is 1.71 bits per heavy atom. The van der Waals surface area contributed by atoms with Gasteiger partial charge >= 0.3 is 0 Å². The normalized spacial score (nSPS) is 21.8. The lowest BCUT2D eigenvalue weighted by Gasteiger charge is -2.39. The quantitative estimate of drug-likeness (QED) is 0.815. The van der Waals surface area contributed by atoms with Crippen LogP contribution < -0.4 is 5.32 Å². The molecule has 2 aliphatic carbocycles. The molecule has 0 aromatic carbocycles. The van der Waals surface area contributed by atoms with Crippen molar-refractivity contribution in [3.05, 3.63) is 0 Å². The van der Waals surface area contributed by atoms with Crippen LogP contribution in [0.25, 0.3) is 0 Å². The zero-order valence-corrected chi connectivity index (χ0v) is 11.8. The van der Waals surface area contributed by atoms with Crippen molar-refractivity contribution in [1.29, 1.82) is 0 Å². The van der Waals surface area contributed by atoms with E-state index in [-0.39, 0.29) is 17.0 Å². The summed E-state index contributed by atoms with van der Waals surface area (Å²) in [5, 5.41) is 3.12. The summed E-state index contributed by atoms with van der Waals surface area (Å²) in [6.45, 7) is 10.3. The van der Waals surface area contributed by atoms with Gasteiger partial charge in [-0.15, -0.1) is 0 Å². The van der Waals surface area contributed by atoms with Gasteiger partial charge in [0.25, 0.3) is 0 Å². The first-order valence-corrected chi connectivity index (χ1v) is 6.83. The van der Waals surface area contributed by atoms with Crippen LogP contribution in [0, 0.1) is 0 Å². The minimum atomic E-state index is -0.365. The summed E-state index contributed by atoms with van der Waals surface area (Å²) in [4.78, 5) is 14.9. The van der Waals surface area contributed by atoms with Crippen molar-refractivity contribution in [2.24, 2.45) is 0 Å². The van der Waals surface area contributed by atoms with Gasteiger partial charge < -0.3 is 5.32 Å². The van der Waals surface area contributed by atoms with Crippen molar-refractivity contribution in [1.82, 2.24) is 10.2 Å². The maximum absolute atomic E-state index is 12.4. The Bertz CT molecular complexity index is 297. The van der Waals surface area contributed by atoms with Crippen molar-refractivity contribution in [2.45, 2.75) is 83.5 Å². The van der Waals surface area contributed by atoms with Gasteiger partial charge in [0.15, 0.2) is 0 Å². The summed E-state index contributed by atoms with van der Waals surface area (Å²) >= 11 is 0. The molecule has 0 aromatic heterocycles. The summed E-state index contributed by atoms with van der Waals surface area (Å²) in [7, 11) is 0. The monoisotopic (exact) mass is 238 g/mol. The van der Waals surface area contributed by atoms with Gasteiger partial charge in [0, 0.05) is 17.6 Å². The minimum Gasteiger partial charge on any atom is -0.350 e. The molecule has 0 aliphatic heterocycles. The van der Waals surface area contributed by atoms with E-state index < -0.39 is 0 Å². The SMILES string of the molecule is CC(C)(C)NC(=O)C(C)(C)N(C1CC1)C1CC1. The van der Waals surface area contributed by atoms with Gasteiger partial charge in [0.05, 0.1) is 5.54 Å². The zero-order chi connectivity index (χ0) is 12.8. The molecule has 3 nitrogen and oxygen atoms in total. The Hall–Kier alpha value is -0.570. The molecule has 0 spiro atoms. The highest BCUT2D eigenvalue weighted by atomic mass is 16.2. The van der Waals surface area contributed by atoms with Gasteiger partial charge in [-0.1, -0.05) is 0 Å². The van der Waals surface area contributed by atoms with Crippen LogP contribution in [-0.4, -0.2) is 34.0 Å². The number of nitrogens with zero attached hydrogens (tertiary/aromatic N) is 1. The Kier molecular flexibility index (Phi) is 3.01. The summed E-state index contributed by atoms with van der Waals surface area (Å²) < 4.78 is 0. The molecule has 0 unspecified atom stereocenters. The van der Waals surface area contributed by atoms with Crippen LogP contribution in [0.1, 0.15) is 60.3 Å². The molecule has 17 heavy (non-hydrogen) atoms. The van der Waals surface area contributed by atoms with E-state index in [2.05, 4.69) is 24.1 Å². The van der Waals surface area contributed by atoms with Crippen molar-refractivity contribution in [3.63, 3.8) is 0 Å². The Morgan fingerprint density at radius 2 is 1.41 bits per heavy atom. The Balaban J connectivity index is 2.07. The average Bonchev–Trinajstić information content (AvgIpc) is 2.91. The summed E-state index contributed by atoms with van der Waals surface area (Å²) in [6.07, 6.45) is 5.07. The molecule has 0 saturated heterocycles. The van der Waals surface area contributed by atoms with E-state index in [0.29, 0.717) is 12.1 Å². The van der Waals surface area contributed by atoms with E-state index in [0.717, 1.165) is 0 Å². The van der Waals surface area contributed by atoms with E-state index >= 15 is 0 Å². The maximum atomic E-state index is 12.4. The predicted octanol–water partition coefficient (Wildman–Crippen LogP) is 2.31. The summed E-state index contributed by atoms with van der Waals surface area (Å²) in [5.74, 6) is 0.170. The molecule has 1 N–H and O–H groups in total. The van der Waals surface area contributed by atoms with Crippen molar-refractivity contribution >= 4 is 5.91 Å². The molecule has 98 valence electrons. The van der Waals surface area contributed by atoms with Gasteiger partial charge in [0.2, 0.25) is 5.91 Å². The molecule has 0 aromatic rings. The molecule has 0 bridgehead atoms. The maximum Gasteiger partial charge on any atom is 0.240 e. The topological polar surface area (TPSA) is 32.3 Å². The fourth-order valence-corrected chi connectivity index (χ4v) is 2.53. The number of hydrogen-bond acceptors (Lipinski definition) is 2. The van der Waals surface area contributed by atoms with E-state index in [1.54, 1.807) is 0 Å². The van der Waals surface area contributed by atoms with Gasteiger partial charge in [0.1, 0.15) is 0 Å². The number of carbonyl (C=O) groups is 1. The molecule has 0 heterocycles. The molecule has 2 rings (SSSR count). The number of hydrogen-bond donors (Lipinski definition) is 1. The van der Waals surface area contributed by atoms with Crippen LogP contribution in [0.3, 0.4) is 0 Å². The van der Waals surface area contributed by atoms with E-state index in [4.69, 9.17) is 0 Å². The van der Waals surface area contributed by atoms with Gasteiger partial charge in [-0.25, -0.2) is 0 Å². The molecule has 2 fully saturated rings. The number of amides is 1. The summed E-state index contributed by atoms with van der Waals surface area (Å²) in [6, 6.07) is 1.31. The first-order valence-electron chi connectivity index (χ1n) is 6.83. The highest BCUT2D eigenvalue weighted by Gasteiger charge is 2.49. The van der Waals surface area contributed by atoms with Crippen LogP contribution in [-0.2, 0) is 4.79 Å². The average molecular weight is 238 g/mol. The molecule has 0 radical (unpaired) electrons. The smallest absolute Gasteiger partial charge is 0.240 e. The van der Waals surface area contributed by atoms with Crippen LogP contribution in [0.4, 0.5) is 0 Å². The van der Waals surface area contributed by atoms with Crippen LogP contribution in [0.2, 0.25) is 0 Å². The number of rotatable bonds is 4.